The van der Waals surface area contributed by atoms with E-state index in [0.29, 0.717) is 0 Å². The van der Waals surface area contributed by atoms with Gasteiger partial charge in [-0.25, -0.2) is 0 Å². The van der Waals surface area contributed by atoms with Crippen LogP contribution in [0.4, 0.5) is 0 Å². The monoisotopic (exact) mass is 291 g/mol. The molecule has 3 aromatic carbocycles. The number of hydrogen-bond donors (Lipinski definition) is 1. The molecule has 0 saturated carbocycles. The van der Waals surface area contributed by atoms with Crippen LogP contribution in [-0.2, 0) is 0 Å². The van der Waals surface area contributed by atoms with Gasteiger partial charge in [-0.15, -0.1) is 0 Å². The third-order valence-electron chi connectivity index (χ3n) is 3.91. The largest absolute Gasteiger partial charge is 0.354 e. The molecule has 0 saturated heterocycles. The second kappa shape index (κ2) is 4.64. The molecule has 0 radical (unpaired) electrons. The summed E-state index contributed by atoms with van der Waals surface area (Å²) in [5, 5.41) is 3.20. The molecule has 2 heteroatoms. The van der Waals surface area contributed by atoms with Crippen LogP contribution in [0.25, 0.3) is 32.9 Å². The van der Waals surface area contributed by atoms with Crippen molar-refractivity contribution in [3.05, 3.63) is 71.2 Å². The summed E-state index contributed by atoms with van der Waals surface area (Å²) >= 11 is 6.07. The van der Waals surface area contributed by atoms with Crippen LogP contribution in [0.15, 0.2) is 60.7 Å². The minimum atomic E-state index is 0.757. The zero-order chi connectivity index (χ0) is 14.4. The molecule has 1 nitrogen and oxygen atoms in total. The van der Waals surface area contributed by atoms with Gasteiger partial charge in [0.25, 0.3) is 0 Å². The van der Waals surface area contributed by atoms with Crippen molar-refractivity contribution < 1.29 is 0 Å². The predicted octanol–water partition coefficient (Wildman–Crippen LogP) is 5.95. The third-order valence-corrected chi connectivity index (χ3v) is 4.15. The SMILES string of the molecule is Cc1cccc(-c2ccc3c(c2)[nH]c2cc(Cl)ccc23)c1. The average molecular weight is 292 g/mol. The van der Waals surface area contributed by atoms with Crippen molar-refractivity contribution in [1.29, 1.82) is 0 Å². The topological polar surface area (TPSA) is 15.8 Å². The molecule has 0 atom stereocenters. The molecular weight excluding hydrogens is 278 g/mol. The molecule has 102 valence electrons. The van der Waals surface area contributed by atoms with Gasteiger partial charge >= 0.3 is 0 Å². The first-order chi connectivity index (χ1) is 10.2. The Bertz CT molecular complexity index is 966. The van der Waals surface area contributed by atoms with Crippen molar-refractivity contribution in [2.24, 2.45) is 0 Å². The minimum absolute atomic E-state index is 0.757. The lowest BCUT2D eigenvalue weighted by Gasteiger charge is -2.03. The maximum atomic E-state index is 6.07. The molecule has 0 bridgehead atoms. The molecule has 0 amide bonds. The maximum Gasteiger partial charge on any atom is 0.0479 e. The number of aromatic amines is 1. The van der Waals surface area contributed by atoms with Gasteiger partial charge in [0, 0.05) is 26.8 Å². The molecule has 0 unspecified atom stereocenters. The number of aromatic nitrogens is 1. The van der Waals surface area contributed by atoms with E-state index in [1.54, 1.807) is 0 Å². The van der Waals surface area contributed by atoms with Gasteiger partial charge in [-0.1, -0.05) is 59.6 Å². The Kier molecular flexibility index (Phi) is 2.76. The van der Waals surface area contributed by atoms with Crippen LogP contribution in [0, 0.1) is 6.92 Å². The fraction of sp³-hybridized carbons (Fsp3) is 0.0526. The highest BCUT2D eigenvalue weighted by Gasteiger charge is 2.06. The summed E-state index contributed by atoms with van der Waals surface area (Å²) in [4.78, 5) is 3.46. The van der Waals surface area contributed by atoms with Crippen LogP contribution in [0.2, 0.25) is 5.02 Å². The molecule has 0 aliphatic rings. The van der Waals surface area contributed by atoms with Crippen LogP contribution >= 0.6 is 11.6 Å². The Morgan fingerprint density at radius 2 is 1.48 bits per heavy atom. The van der Waals surface area contributed by atoms with E-state index in [-0.39, 0.29) is 0 Å². The summed E-state index contributed by atoms with van der Waals surface area (Å²) in [6, 6.07) is 21.1. The number of halogens is 1. The van der Waals surface area contributed by atoms with Crippen molar-refractivity contribution in [3.63, 3.8) is 0 Å². The summed E-state index contributed by atoms with van der Waals surface area (Å²) in [6.45, 7) is 2.12. The average Bonchev–Trinajstić information content (AvgIpc) is 2.83. The Hall–Kier alpha value is -2.25. The predicted molar refractivity (Wildman–Crippen MR) is 91.0 cm³/mol. The molecule has 4 aromatic rings. The van der Waals surface area contributed by atoms with E-state index in [0.717, 1.165) is 16.1 Å². The molecule has 4 rings (SSSR count). The molecule has 1 aromatic heterocycles. The molecule has 21 heavy (non-hydrogen) atoms. The van der Waals surface area contributed by atoms with Crippen LogP contribution in [-0.4, -0.2) is 4.98 Å². The van der Waals surface area contributed by atoms with Crippen LogP contribution in [0.5, 0.6) is 0 Å². The summed E-state index contributed by atoms with van der Waals surface area (Å²) in [5.74, 6) is 0. The van der Waals surface area contributed by atoms with E-state index in [1.165, 1.54) is 27.5 Å². The Labute approximate surface area is 128 Å². The number of hydrogen-bond acceptors (Lipinski definition) is 0. The van der Waals surface area contributed by atoms with E-state index >= 15 is 0 Å². The fourth-order valence-electron chi connectivity index (χ4n) is 2.89. The summed E-state index contributed by atoms with van der Waals surface area (Å²) in [5.41, 5.74) is 5.97. The Morgan fingerprint density at radius 1 is 0.762 bits per heavy atom. The first-order valence-corrected chi connectivity index (χ1v) is 7.36. The van der Waals surface area contributed by atoms with E-state index in [1.807, 2.05) is 12.1 Å². The van der Waals surface area contributed by atoms with E-state index < -0.39 is 0 Å². The number of rotatable bonds is 1. The van der Waals surface area contributed by atoms with Crippen molar-refractivity contribution in [2.45, 2.75) is 6.92 Å². The van der Waals surface area contributed by atoms with Gasteiger partial charge in [-0.05, 0) is 36.2 Å². The van der Waals surface area contributed by atoms with Crippen LogP contribution in [0.1, 0.15) is 5.56 Å². The smallest absolute Gasteiger partial charge is 0.0479 e. The number of H-pyrrole nitrogens is 1. The lowest BCUT2D eigenvalue weighted by Crippen LogP contribution is -1.79. The second-order valence-electron chi connectivity index (χ2n) is 5.44. The van der Waals surface area contributed by atoms with Gasteiger partial charge in [-0.3, -0.25) is 0 Å². The van der Waals surface area contributed by atoms with Gasteiger partial charge in [-0.2, -0.15) is 0 Å². The first kappa shape index (κ1) is 12.5. The number of benzene rings is 3. The normalized spacial score (nSPS) is 11.3. The van der Waals surface area contributed by atoms with Crippen molar-refractivity contribution in [1.82, 2.24) is 4.98 Å². The summed E-state index contributed by atoms with van der Waals surface area (Å²) < 4.78 is 0. The molecule has 0 fully saturated rings. The number of aryl methyl sites for hydroxylation is 1. The zero-order valence-electron chi connectivity index (χ0n) is 11.7. The highest BCUT2D eigenvalue weighted by Crippen LogP contribution is 2.31. The highest BCUT2D eigenvalue weighted by molar-refractivity contribution is 6.31. The van der Waals surface area contributed by atoms with Gasteiger partial charge in [0.15, 0.2) is 0 Å². The fourth-order valence-corrected chi connectivity index (χ4v) is 3.06. The number of fused-ring (bicyclic) bond motifs is 3. The standard InChI is InChI=1S/C19H14ClN/c1-12-3-2-4-13(9-12)14-5-7-16-17-8-6-15(20)11-19(17)21-18(16)10-14/h2-11,21H,1H3. The second-order valence-corrected chi connectivity index (χ2v) is 5.88. The van der Waals surface area contributed by atoms with Crippen molar-refractivity contribution in [3.8, 4) is 11.1 Å². The first-order valence-electron chi connectivity index (χ1n) is 6.99. The highest BCUT2D eigenvalue weighted by atomic mass is 35.5. The Morgan fingerprint density at radius 3 is 2.29 bits per heavy atom. The van der Waals surface area contributed by atoms with Gasteiger partial charge in [0.05, 0.1) is 0 Å². The van der Waals surface area contributed by atoms with Crippen molar-refractivity contribution >= 4 is 33.4 Å². The molecule has 1 N–H and O–H groups in total. The van der Waals surface area contributed by atoms with Crippen LogP contribution in [0.3, 0.4) is 0 Å². The molecule has 0 aliphatic carbocycles. The quantitative estimate of drug-likeness (QED) is 0.446. The summed E-state index contributed by atoms with van der Waals surface area (Å²) in [6.07, 6.45) is 0. The zero-order valence-corrected chi connectivity index (χ0v) is 12.4. The maximum absolute atomic E-state index is 6.07. The van der Waals surface area contributed by atoms with E-state index in [4.69, 9.17) is 11.6 Å². The van der Waals surface area contributed by atoms with Gasteiger partial charge in [0.1, 0.15) is 0 Å². The molecular formula is C19H14ClN. The summed E-state index contributed by atoms with van der Waals surface area (Å²) in [7, 11) is 0. The lowest BCUT2D eigenvalue weighted by atomic mass is 10.0. The van der Waals surface area contributed by atoms with Gasteiger partial charge in [0.2, 0.25) is 0 Å². The third kappa shape index (κ3) is 2.10. The van der Waals surface area contributed by atoms with E-state index in [9.17, 15) is 0 Å². The molecule has 0 spiro atoms. The minimum Gasteiger partial charge on any atom is -0.354 e. The van der Waals surface area contributed by atoms with Crippen LogP contribution < -0.4 is 0 Å². The van der Waals surface area contributed by atoms with E-state index in [2.05, 4.69) is 60.4 Å². The molecule has 1 heterocycles. The Balaban J connectivity index is 1.96. The lowest BCUT2D eigenvalue weighted by molar-refractivity contribution is 1.47. The van der Waals surface area contributed by atoms with Gasteiger partial charge < -0.3 is 4.98 Å². The number of nitrogens with one attached hydrogen (secondary N) is 1. The molecule has 0 aliphatic heterocycles. The van der Waals surface area contributed by atoms with Crippen molar-refractivity contribution in [2.75, 3.05) is 0 Å².